The highest BCUT2D eigenvalue weighted by Gasteiger charge is 2.29. The van der Waals surface area contributed by atoms with Gasteiger partial charge in [0.1, 0.15) is 11.2 Å². The van der Waals surface area contributed by atoms with Crippen LogP contribution in [0.5, 0.6) is 0 Å². The number of halogens is 1. The van der Waals surface area contributed by atoms with Crippen molar-refractivity contribution in [2.45, 2.75) is 20.3 Å². The Hall–Kier alpha value is -1.14. The van der Waals surface area contributed by atoms with Crippen molar-refractivity contribution in [1.29, 1.82) is 5.26 Å². The second-order valence-corrected chi connectivity index (χ2v) is 4.72. The summed E-state index contributed by atoms with van der Waals surface area (Å²) in [6.07, 6.45) is 0.464. The van der Waals surface area contributed by atoms with E-state index in [1.807, 2.05) is 24.3 Å². The molecule has 3 heteroatoms. The second kappa shape index (κ2) is 4.59. The topological polar surface area (TPSA) is 40.9 Å². The van der Waals surface area contributed by atoms with Gasteiger partial charge in [0.05, 0.1) is 6.07 Å². The molecular formula is C12H12BrNO. The largest absolute Gasteiger partial charge is 0.298 e. The fraction of sp³-hybridized carbons (Fsp3) is 0.333. The predicted molar refractivity (Wildman–Crippen MR) is 62.2 cm³/mol. The van der Waals surface area contributed by atoms with Gasteiger partial charge in [0, 0.05) is 4.47 Å². The molecule has 1 atom stereocenters. The number of nitriles is 1. The number of benzene rings is 1. The normalized spacial score (nSPS) is 14.0. The number of hydrogen-bond donors (Lipinski definition) is 0. The summed E-state index contributed by atoms with van der Waals surface area (Å²) in [6.45, 7) is 3.14. The van der Waals surface area contributed by atoms with Gasteiger partial charge in [0.25, 0.3) is 0 Å². The van der Waals surface area contributed by atoms with Crippen LogP contribution in [0.2, 0.25) is 0 Å². The molecule has 0 bridgehead atoms. The van der Waals surface area contributed by atoms with Crippen molar-refractivity contribution >= 4 is 21.7 Å². The second-order valence-electron chi connectivity index (χ2n) is 3.80. The van der Waals surface area contributed by atoms with E-state index in [-0.39, 0.29) is 5.78 Å². The Morgan fingerprint density at radius 2 is 2.00 bits per heavy atom. The molecule has 0 fully saturated rings. The molecule has 78 valence electrons. The van der Waals surface area contributed by atoms with Gasteiger partial charge < -0.3 is 0 Å². The van der Waals surface area contributed by atoms with Gasteiger partial charge in [-0.1, -0.05) is 28.1 Å². The first kappa shape index (κ1) is 11.9. The summed E-state index contributed by atoms with van der Waals surface area (Å²) >= 11 is 3.34. The highest BCUT2D eigenvalue weighted by Crippen LogP contribution is 2.23. The first-order valence-electron chi connectivity index (χ1n) is 4.65. The lowest BCUT2D eigenvalue weighted by atomic mass is 9.82. The van der Waals surface area contributed by atoms with E-state index in [1.54, 1.807) is 6.92 Å². The SMILES string of the molecule is CC(=O)C(C)(C#N)Cc1ccc(Br)cc1. The Labute approximate surface area is 98.0 Å². The standard InChI is InChI=1S/C12H12BrNO/c1-9(15)12(2,8-14)7-10-3-5-11(13)6-4-10/h3-6H,7H2,1-2H3. The van der Waals surface area contributed by atoms with Gasteiger partial charge in [-0.3, -0.25) is 4.79 Å². The van der Waals surface area contributed by atoms with Crippen LogP contribution >= 0.6 is 15.9 Å². The van der Waals surface area contributed by atoms with Gasteiger partial charge in [0.2, 0.25) is 0 Å². The van der Waals surface area contributed by atoms with Gasteiger partial charge in [-0.25, -0.2) is 0 Å². The minimum absolute atomic E-state index is 0.0899. The highest BCUT2D eigenvalue weighted by molar-refractivity contribution is 9.10. The van der Waals surface area contributed by atoms with E-state index in [0.29, 0.717) is 6.42 Å². The van der Waals surface area contributed by atoms with E-state index in [9.17, 15) is 4.79 Å². The van der Waals surface area contributed by atoms with E-state index in [0.717, 1.165) is 10.0 Å². The first-order valence-corrected chi connectivity index (χ1v) is 5.44. The first-order chi connectivity index (χ1) is 6.98. The molecule has 0 heterocycles. The van der Waals surface area contributed by atoms with Crippen LogP contribution in [0.1, 0.15) is 19.4 Å². The van der Waals surface area contributed by atoms with E-state index < -0.39 is 5.41 Å². The Balaban J connectivity index is 2.90. The molecule has 0 aliphatic rings. The molecule has 2 nitrogen and oxygen atoms in total. The van der Waals surface area contributed by atoms with Crippen LogP contribution in [0, 0.1) is 16.7 Å². The summed E-state index contributed by atoms with van der Waals surface area (Å²) in [6, 6.07) is 9.74. The maximum atomic E-state index is 11.3. The van der Waals surface area contributed by atoms with Crippen LogP contribution in [-0.4, -0.2) is 5.78 Å². The van der Waals surface area contributed by atoms with Crippen molar-refractivity contribution in [1.82, 2.24) is 0 Å². The smallest absolute Gasteiger partial charge is 0.150 e. The summed E-state index contributed by atoms with van der Waals surface area (Å²) < 4.78 is 0.993. The van der Waals surface area contributed by atoms with Crippen molar-refractivity contribution in [3.8, 4) is 6.07 Å². The summed E-state index contributed by atoms with van der Waals surface area (Å²) in [7, 11) is 0. The van der Waals surface area contributed by atoms with Crippen molar-refractivity contribution < 1.29 is 4.79 Å². The Morgan fingerprint density at radius 1 is 1.47 bits per heavy atom. The molecule has 1 rings (SSSR count). The number of carbonyl (C=O) groups excluding carboxylic acids is 1. The average molecular weight is 266 g/mol. The fourth-order valence-electron chi connectivity index (χ4n) is 1.25. The average Bonchev–Trinajstić information content (AvgIpc) is 2.21. The zero-order valence-electron chi connectivity index (χ0n) is 8.75. The van der Waals surface area contributed by atoms with Crippen molar-refractivity contribution in [2.75, 3.05) is 0 Å². The Kier molecular flexibility index (Phi) is 3.65. The van der Waals surface area contributed by atoms with Crippen LogP contribution in [0.25, 0.3) is 0 Å². The van der Waals surface area contributed by atoms with Crippen LogP contribution < -0.4 is 0 Å². The molecule has 0 amide bonds. The van der Waals surface area contributed by atoms with E-state index in [1.165, 1.54) is 6.92 Å². The fourth-order valence-corrected chi connectivity index (χ4v) is 1.52. The lowest BCUT2D eigenvalue weighted by molar-refractivity contribution is -0.123. The monoisotopic (exact) mass is 265 g/mol. The lowest BCUT2D eigenvalue weighted by Crippen LogP contribution is -2.26. The number of ketones is 1. The zero-order valence-corrected chi connectivity index (χ0v) is 10.3. The summed E-state index contributed by atoms with van der Waals surface area (Å²) in [5.41, 5.74) is 0.0887. The number of rotatable bonds is 3. The van der Waals surface area contributed by atoms with E-state index in [2.05, 4.69) is 22.0 Å². The molecule has 0 aliphatic carbocycles. The number of hydrogen-bond acceptors (Lipinski definition) is 2. The molecule has 0 spiro atoms. The molecule has 15 heavy (non-hydrogen) atoms. The molecule has 0 saturated heterocycles. The molecule has 0 aromatic heterocycles. The van der Waals surface area contributed by atoms with E-state index >= 15 is 0 Å². The maximum absolute atomic E-state index is 11.3. The molecule has 0 N–H and O–H groups in total. The van der Waals surface area contributed by atoms with Crippen molar-refractivity contribution in [3.05, 3.63) is 34.3 Å². The molecule has 0 radical (unpaired) electrons. The third-order valence-corrected chi connectivity index (χ3v) is 3.02. The molecule has 1 aromatic carbocycles. The number of nitrogens with zero attached hydrogens (tertiary/aromatic N) is 1. The van der Waals surface area contributed by atoms with Gasteiger partial charge in [-0.15, -0.1) is 0 Å². The van der Waals surface area contributed by atoms with Crippen LogP contribution in [0.15, 0.2) is 28.7 Å². The summed E-state index contributed by atoms with van der Waals surface area (Å²) in [4.78, 5) is 11.3. The van der Waals surface area contributed by atoms with Crippen molar-refractivity contribution in [2.24, 2.45) is 5.41 Å². The number of carbonyl (C=O) groups is 1. The zero-order chi connectivity index (χ0) is 11.5. The minimum atomic E-state index is -0.909. The quantitative estimate of drug-likeness (QED) is 0.843. The third kappa shape index (κ3) is 2.90. The Bertz CT molecular complexity index is 405. The van der Waals surface area contributed by atoms with E-state index in [4.69, 9.17) is 5.26 Å². The van der Waals surface area contributed by atoms with Crippen LogP contribution in [0.4, 0.5) is 0 Å². The predicted octanol–water partition coefficient (Wildman–Crippen LogP) is 3.11. The van der Waals surface area contributed by atoms with Gasteiger partial charge in [-0.05, 0) is 38.0 Å². The molecule has 1 unspecified atom stereocenters. The van der Waals surface area contributed by atoms with Crippen molar-refractivity contribution in [3.63, 3.8) is 0 Å². The van der Waals surface area contributed by atoms with Gasteiger partial charge in [0.15, 0.2) is 0 Å². The van der Waals surface area contributed by atoms with Gasteiger partial charge in [-0.2, -0.15) is 5.26 Å². The highest BCUT2D eigenvalue weighted by atomic mass is 79.9. The third-order valence-electron chi connectivity index (χ3n) is 2.49. The van der Waals surface area contributed by atoms with Gasteiger partial charge >= 0.3 is 0 Å². The van der Waals surface area contributed by atoms with Crippen LogP contribution in [-0.2, 0) is 11.2 Å². The van der Waals surface area contributed by atoms with Crippen LogP contribution in [0.3, 0.4) is 0 Å². The summed E-state index contributed by atoms with van der Waals surface area (Å²) in [5.74, 6) is -0.0899. The maximum Gasteiger partial charge on any atom is 0.150 e. The molecule has 0 aliphatic heterocycles. The minimum Gasteiger partial charge on any atom is -0.298 e. The molecular weight excluding hydrogens is 254 g/mol. The number of Topliss-reactive ketones (excluding diaryl/α,β-unsaturated/α-hetero) is 1. The molecule has 1 aromatic rings. The lowest BCUT2D eigenvalue weighted by Gasteiger charge is -2.17. The summed E-state index contributed by atoms with van der Waals surface area (Å²) in [5, 5.41) is 8.99. The molecule has 0 saturated carbocycles. The Morgan fingerprint density at radius 3 is 2.40 bits per heavy atom.